The van der Waals surface area contributed by atoms with Crippen LogP contribution in [0.1, 0.15) is 45.0 Å². The third-order valence-corrected chi connectivity index (χ3v) is 7.28. The molecule has 1 N–H and O–H groups in total. The van der Waals surface area contributed by atoms with Crippen molar-refractivity contribution in [3.8, 4) is 5.75 Å². The Morgan fingerprint density at radius 3 is 2.55 bits per heavy atom. The van der Waals surface area contributed by atoms with Crippen molar-refractivity contribution in [3.05, 3.63) is 93.0 Å². The molecule has 1 aliphatic rings. The number of aliphatic hydroxyl groups excluding tert-OH is 1. The second-order valence-corrected chi connectivity index (χ2v) is 9.85. The van der Waals surface area contributed by atoms with E-state index in [4.69, 9.17) is 21.1 Å². The van der Waals surface area contributed by atoms with Gasteiger partial charge in [0.15, 0.2) is 5.13 Å². The minimum Gasteiger partial charge on any atom is -0.507 e. The van der Waals surface area contributed by atoms with Crippen molar-refractivity contribution in [2.24, 2.45) is 0 Å². The highest BCUT2D eigenvalue weighted by Crippen LogP contribution is 2.44. The maximum absolute atomic E-state index is 13.4. The van der Waals surface area contributed by atoms with Crippen LogP contribution in [0.4, 0.5) is 5.13 Å². The van der Waals surface area contributed by atoms with E-state index in [-0.39, 0.29) is 27.9 Å². The lowest BCUT2D eigenvalue weighted by Crippen LogP contribution is -2.29. The van der Waals surface area contributed by atoms with E-state index in [0.29, 0.717) is 34.2 Å². The second-order valence-electron chi connectivity index (χ2n) is 8.43. The number of anilines is 1. The Hall–Kier alpha value is -3.95. The van der Waals surface area contributed by atoms with Crippen molar-refractivity contribution in [1.82, 2.24) is 4.98 Å². The summed E-state index contributed by atoms with van der Waals surface area (Å²) in [5.74, 6) is -2.07. The molecule has 10 heteroatoms. The van der Waals surface area contributed by atoms with Gasteiger partial charge in [-0.15, -0.1) is 0 Å². The average molecular weight is 553 g/mol. The minimum atomic E-state index is -1.01. The van der Waals surface area contributed by atoms with Crippen molar-refractivity contribution in [2.75, 3.05) is 18.1 Å². The van der Waals surface area contributed by atoms with Gasteiger partial charge >= 0.3 is 11.9 Å². The molecule has 3 aromatic rings. The van der Waals surface area contributed by atoms with Gasteiger partial charge in [0.05, 0.1) is 23.9 Å². The Morgan fingerprint density at radius 2 is 1.92 bits per heavy atom. The zero-order valence-electron chi connectivity index (χ0n) is 21.0. The number of nitrogens with zero attached hydrogens (tertiary/aromatic N) is 2. The van der Waals surface area contributed by atoms with Crippen molar-refractivity contribution in [3.63, 3.8) is 0 Å². The molecule has 0 radical (unpaired) electrons. The smallest absolute Gasteiger partial charge is 0.350 e. The number of carbonyl (C=O) groups is 3. The SMILES string of the molecule is C=CCOc1ccc(C(O)=C2C(=O)C(=O)N(c3nc(C)c(C(=O)OCC)s3)[C@H]2c2ccc(Cl)cc2)cc1C. The Kier molecular flexibility index (Phi) is 7.99. The molecule has 38 heavy (non-hydrogen) atoms. The number of aryl methyl sites for hydroxylation is 2. The van der Waals surface area contributed by atoms with Crippen LogP contribution in [0.3, 0.4) is 0 Å². The van der Waals surface area contributed by atoms with Gasteiger partial charge in [-0.2, -0.15) is 0 Å². The number of carbonyl (C=O) groups excluding carboxylic acids is 3. The van der Waals surface area contributed by atoms with Crippen LogP contribution >= 0.6 is 22.9 Å². The predicted octanol–water partition coefficient (Wildman–Crippen LogP) is 5.78. The summed E-state index contributed by atoms with van der Waals surface area (Å²) in [6.07, 6.45) is 1.62. The lowest BCUT2D eigenvalue weighted by molar-refractivity contribution is -0.132. The van der Waals surface area contributed by atoms with Crippen LogP contribution in [0.2, 0.25) is 5.02 Å². The van der Waals surface area contributed by atoms with Gasteiger partial charge in [0.1, 0.15) is 23.0 Å². The fraction of sp³-hybridized carbons (Fsp3) is 0.214. The molecule has 0 spiro atoms. The molecule has 2 aromatic carbocycles. The Labute approximate surface area is 228 Å². The number of rotatable bonds is 8. The zero-order chi connectivity index (χ0) is 27.6. The fourth-order valence-corrected chi connectivity index (χ4v) is 5.24. The third kappa shape index (κ3) is 5.07. The van der Waals surface area contributed by atoms with Gasteiger partial charge in [-0.3, -0.25) is 14.5 Å². The van der Waals surface area contributed by atoms with E-state index >= 15 is 0 Å². The first-order valence-electron chi connectivity index (χ1n) is 11.7. The highest BCUT2D eigenvalue weighted by molar-refractivity contribution is 7.17. The van der Waals surface area contributed by atoms with E-state index in [2.05, 4.69) is 11.6 Å². The largest absolute Gasteiger partial charge is 0.507 e. The van der Waals surface area contributed by atoms with Gasteiger partial charge < -0.3 is 14.6 Å². The molecule has 1 aliphatic heterocycles. The second kappa shape index (κ2) is 11.2. The fourth-order valence-electron chi connectivity index (χ4n) is 4.12. The van der Waals surface area contributed by atoms with Crippen molar-refractivity contribution in [1.29, 1.82) is 0 Å². The number of Topliss-reactive ketones (excluding diaryl/α,β-unsaturated/α-hetero) is 1. The standard InChI is InChI=1S/C28H25ClN2O6S/c1-5-13-37-20-12-9-18(14-15(20)3)23(32)21-22(17-7-10-19(29)11-8-17)31(26(34)24(21)33)28-30-16(4)25(38-28)27(35)36-6-2/h5,7-12,14,22,32H,1,6,13H2,2-4H3/t22-/m0/s1. The molecule has 1 aromatic heterocycles. The van der Waals surface area contributed by atoms with Crippen LogP contribution in [0.25, 0.3) is 5.76 Å². The predicted molar refractivity (Wildman–Crippen MR) is 146 cm³/mol. The Bertz CT molecular complexity index is 1460. The van der Waals surface area contributed by atoms with Crippen LogP contribution in [0, 0.1) is 13.8 Å². The summed E-state index contributed by atoms with van der Waals surface area (Å²) >= 11 is 7.04. The first-order chi connectivity index (χ1) is 18.2. The van der Waals surface area contributed by atoms with E-state index in [0.717, 1.165) is 16.9 Å². The number of amides is 1. The summed E-state index contributed by atoms with van der Waals surface area (Å²) in [5.41, 5.74) is 1.85. The maximum Gasteiger partial charge on any atom is 0.350 e. The summed E-state index contributed by atoms with van der Waals surface area (Å²) in [5, 5.41) is 12.0. The molecule has 4 rings (SSSR count). The number of benzene rings is 2. The number of hydrogen-bond donors (Lipinski definition) is 1. The molecule has 1 fully saturated rings. The van der Waals surface area contributed by atoms with E-state index in [9.17, 15) is 19.5 Å². The van der Waals surface area contributed by atoms with Crippen LogP contribution in [0.5, 0.6) is 5.75 Å². The Balaban J connectivity index is 1.87. The van der Waals surface area contributed by atoms with Gasteiger partial charge in [0.25, 0.3) is 5.78 Å². The number of aliphatic hydroxyl groups is 1. The Morgan fingerprint density at radius 1 is 1.21 bits per heavy atom. The molecule has 0 aliphatic carbocycles. The third-order valence-electron chi connectivity index (χ3n) is 5.89. The molecule has 0 bridgehead atoms. The molecular weight excluding hydrogens is 528 g/mol. The number of ether oxygens (including phenoxy) is 2. The number of esters is 1. The van der Waals surface area contributed by atoms with Crippen LogP contribution in [0.15, 0.2) is 60.7 Å². The number of thiazole rings is 1. The lowest BCUT2D eigenvalue weighted by Gasteiger charge is -2.23. The lowest BCUT2D eigenvalue weighted by atomic mass is 9.95. The monoisotopic (exact) mass is 552 g/mol. The maximum atomic E-state index is 13.4. The summed E-state index contributed by atoms with van der Waals surface area (Å²) in [6, 6.07) is 10.5. The summed E-state index contributed by atoms with van der Waals surface area (Å²) in [7, 11) is 0. The van der Waals surface area contributed by atoms with Crippen LogP contribution in [-0.2, 0) is 14.3 Å². The molecular formula is C28H25ClN2O6S. The quantitative estimate of drug-likeness (QED) is 0.124. The molecule has 1 amide bonds. The molecule has 196 valence electrons. The highest BCUT2D eigenvalue weighted by atomic mass is 35.5. The molecule has 0 unspecified atom stereocenters. The topological polar surface area (TPSA) is 106 Å². The molecule has 8 nitrogen and oxygen atoms in total. The number of ketones is 1. The van der Waals surface area contributed by atoms with Crippen LogP contribution in [-0.4, -0.2) is 41.0 Å². The molecule has 2 heterocycles. The first kappa shape index (κ1) is 27.1. The van der Waals surface area contributed by atoms with Gasteiger partial charge in [-0.05, 0) is 62.2 Å². The van der Waals surface area contributed by atoms with Crippen molar-refractivity contribution >= 4 is 51.5 Å². The van der Waals surface area contributed by atoms with Gasteiger partial charge in [0.2, 0.25) is 0 Å². The van der Waals surface area contributed by atoms with Gasteiger partial charge in [-0.25, -0.2) is 9.78 Å². The first-order valence-corrected chi connectivity index (χ1v) is 12.9. The zero-order valence-corrected chi connectivity index (χ0v) is 22.6. The molecule has 0 saturated carbocycles. The number of aromatic nitrogens is 1. The molecule has 1 saturated heterocycles. The van der Waals surface area contributed by atoms with Crippen molar-refractivity contribution < 1.29 is 29.0 Å². The van der Waals surface area contributed by atoms with E-state index in [1.807, 2.05) is 0 Å². The minimum absolute atomic E-state index is 0.109. The normalized spacial score (nSPS) is 16.5. The van der Waals surface area contributed by atoms with E-state index in [1.54, 1.807) is 69.3 Å². The average Bonchev–Trinajstić information content (AvgIpc) is 3.40. The van der Waals surface area contributed by atoms with E-state index in [1.165, 1.54) is 4.90 Å². The van der Waals surface area contributed by atoms with Crippen LogP contribution < -0.4 is 9.64 Å². The van der Waals surface area contributed by atoms with E-state index < -0.39 is 23.7 Å². The summed E-state index contributed by atoms with van der Waals surface area (Å²) in [6.45, 7) is 9.24. The molecule has 1 atom stereocenters. The van der Waals surface area contributed by atoms with Gasteiger partial charge in [0, 0.05) is 10.6 Å². The highest BCUT2D eigenvalue weighted by Gasteiger charge is 2.48. The summed E-state index contributed by atoms with van der Waals surface area (Å²) < 4.78 is 10.7. The summed E-state index contributed by atoms with van der Waals surface area (Å²) in [4.78, 5) is 45.0. The van der Waals surface area contributed by atoms with Gasteiger partial charge in [-0.1, -0.05) is 47.7 Å². The number of hydrogen-bond acceptors (Lipinski definition) is 8. The van der Waals surface area contributed by atoms with Crippen molar-refractivity contribution in [2.45, 2.75) is 26.8 Å². The number of halogens is 1.